The van der Waals surface area contributed by atoms with E-state index in [2.05, 4.69) is 5.32 Å². The van der Waals surface area contributed by atoms with Gasteiger partial charge in [0.2, 0.25) is 0 Å². The van der Waals surface area contributed by atoms with E-state index < -0.39 is 23.8 Å². The van der Waals surface area contributed by atoms with Gasteiger partial charge in [0.05, 0.1) is 12.6 Å². The van der Waals surface area contributed by atoms with Gasteiger partial charge in [-0.2, -0.15) is 0 Å². The lowest BCUT2D eigenvalue weighted by Crippen LogP contribution is -2.47. The van der Waals surface area contributed by atoms with Crippen molar-refractivity contribution in [3.05, 3.63) is 0 Å². The van der Waals surface area contributed by atoms with Crippen molar-refractivity contribution in [3.63, 3.8) is 0 Å². The molecule has 102 valence electrons. The van der Waals surface area contributed by atoms with E-state index in [4.69, 9.17) is 14.6 Å². The third-order valence-electron chi connectivity index (χ3n) is 3.20. The Hall–Kier alpha value is -1.30. The molecule has 2 unspecified atom stereocenters. The Morgan fingerprint density at radius 2 is 2.00 bits per heavy atom. The summed E-state index contributed by atoms with van der Waals surface area (Å²) < 4.78 is 10.4. The molecule has 2 fully saturated rings. The van der Waals surface area contributed by atoms with Gasteiger partial charge in [0.15, 0.2) is 6.10 Å². The van der Waals surface area contributed by atoms with Gasteiger partial charge < -0.3 is 19.9 Å². The molecule has 2 rings (SSSR count). The third-order valence-corrected chi connectivity index (χ3v) is 3.20. The maximum absolute atomic E-state index is 11.6. The molecule has 0 bridgehead atoms. The molecule has 0 aromatic rings. The third kappa shape index (κ3) is 2.93. The summed E-state index contributed by atoms with van der Waals surface area (Å²) in [5.41, 5.74) is -0.536. The van der Waals surface area contributed by atoms with Crippen molar-refractivity contribution in [1.82, 2.24) is 5.32 Å². The molecule has 0 radical (unpaired) electrons. The topological polar surface area (TPSA) is 84.9 Å². The van der Waals surface area contributed by atoms with Crippen LogP contribution in [0.1, 0.15) is 27.2 Å². The van der Waals surface area contributed by atoms with Gasteiger partial charge >= 0.3 is 12.1 Å². The second-order valence-electron chi connectivity index (χ2n) is 5.91. The SMILES string of the molecule is CC(C)(C)OC(=O)N[C@H]1CO[C@H](C(=O)O)C2CC21. The fourth-order valence-corrected chi connectivity index (χ4v) is 2.36. The number of hydrogen-bond acceptors (Lipinski definition) is 4. The molecule has 1 saturated carbocycles. The van der Waals surface area contributed by atoms with E-state index in [9.17, 15) is 9.59 Å². The standard InChI is InChI=1S/C12H19NO5/c1-12(2,3)18-11(16)13-8-5-17-9(10(14)15)7-4-6(7)8/h6-9H,4-5H2,1-3H3,(H,13,16)(H,14,15)/t6?,7?,8-,9-/m0/s1. The monoisotopic (exact) mass is 257 g/mol. The van der Waals surface area contributed by atoms with Crippen molar-refractivity contribution in [3.8, 4) is 0 Å². The molecule has 0 aromatic heterocycles. The van der Waals surface area contributed by atoms with Crippen LogP contribution in [0, 0.1) is 11.8 Å². The van der Waals surface area contributed by atoms with E-state index in [1.807, 2.05) is 0 Å². The summed E-state index contributed by atoms with van der Waals surface area (Å²) >= 11 is 0. The minimum atomic E-state index is -0.918. The Labute approximate surface area is 106 Å². The Balaban J connectivity index is 1.84. The number of hydrogen-bond donors (Lipinski definition) is 2. The first kappa shape index (κ1) is 13.1. The van der Waals surface area contributed by atoms with Crippen molar-refractivity contribution >= 4 is 12.1 Å². The second kappa shape index (κ2) is 4.42. The van der Waals surface area contributed by atoms with Gasteiger partial charge in [-0.1, -0.05) is 0 Å². The highest BCUT2D eigenvalue weighted by molar-refractivity contribution is 5.74. The molecule has 0 aromatic carbocycles. The molecule has 6 heteroatoms. The number of nitrogens with one attached hydrogen (secondary N) is 1. The Kier molecular flexibility index (Phi) is 3.23. The first-order valence-corrected chi connectivity index (χ1v) is 6.12. The summed E-state index contributed by atoms with van der Waals surface area (Å²) in [6.07, 6.45) is -0.403. The average molecular weight is 257 g/mol. The minimum absolute atomic E-state index is 0.0242. The van der Waals surface area contributed by atoms with Crippen LogP contribution in [0.4, 0.5) is 4.79 Å². The Morgan fingerprint density at radius 3 is 2.56 bits per heavy atom. The summed E-state index contributed by atoms with van der Waals surface area (Å²) in [4.78, 5) is 22.5. The molecule has 0 spiro atoms. The second-order valence-corrected chi connectivity index (χ2v) is 5.91. The lowest BCUT2D eigenvalue weighted by molar-refractivity contribution is -0.155. The molecular formula is C12H19NO5. The number of carbonyl (C=O) groups is 2. The van der Waals surface area contributed by atoms with Crippen LogP contribution < -0.4 is 5.32 Å². The molecular weight excluding hydrogens is 238 g/mol. The molecule has 2 N–H and O–H groups in total. The fraction of sp³-hybridized carbons (Fsp3) is 0.833. The van der Waals surface area contributed by atoms with Crippen molar-refractivity contribution in [2.45, 2.75) is 44.9 Å². The zero-order valence-electron chi connectivity index (χ0n) is 10.8. The first-order chi connectivity index (χ1) is 8.28. The lowest BCUT2D eigenvalue weighted by atomic mass is 10.1. The van der Waals surface area contributed by atoms with Gasteiger partial charge in [0.25, 0.3) is 0 Å². The minimum Gasteiger partial charge on any atom is -0.479 e. The Bertz CT molecular complexity index is 362. The van der Waals surface area contributed by atoms with Crippen LogP contribution in [0.3, 0.4) is 0 Å². The van der Waals surface area contributed by atoms with Crippen LogP contribution >= 0.6 is 0 Å². The van der Waals surface area contributed by atoms with Crippen LogP contribution in [0.15, 0.2) is 0 Å². The van der Waals surface area contributed by atoms with Crippen LogP contribution in [-0.2, 0) is 14.3 Å². The number of ether oxygens (including phenoxy) is 2. The summed E-state index contributed by atoms with van der Waals surface area (Å²) in [5, 5.41) is 11.7. The zero-order chi connectivity index (χ0) is 13.5. The summed E-state index contributed by atoms with van der Waals surface area (Å²) in [6.45, 7) is 5.62. The van der Waals surface area contributed by atoms with Gasteiger partial charge in [-0.25, -0.2) is 9.59 Å². The average Bonchev–Trinajstić information content (AvgIpc) is 2.93. The fourth-order valence-electron chi connectivity index (χ4n) is 2.36. The van der Waals surface area contributed by atoms with Crippen molar-refractivity contribution in [2.24, 2.45) is 11.8 Å². The molecule has 4 atom stereocenters. The number of rotatable bonds is 2. The quantitative estimate of drug-likeness (QED) is 0.771. The number of amides is 1. The van der Waals surface area contributed by atoms with Gasteiger partial charge in [0.1, 0.15) is 5.60 Å². The highest BCUT2D eigenvalue weighted by Crippen LogP contribution is 2.48. The zero-order valence-corrected chi connectivity index (χ0v) is 10.8. The van der Waals surface area contributed by atoms with Gasteiger partial charge in [-0.05, 0) is 33.1 Å². The van der Waals surface area contributed by atoms with Crippen molar-refractivity contribution in [1.29, 1.82) is 0 Å². The van der Waals surface area contributed by atoms with Crippen molar-refractivity contribution in [2.75, 3.05) is 6.61 Å². The molecule has 6 nitrogen and oxygen atoms in total. The van der Waals surface area contributed by atoms with E-state index in [1.165, 1.54) is 0 Å². The summed E-state index contributed by atoms with van der Waals surface area (Å²) in [6, 6.07) is -0.138. The van der Waals surface area contributed by atoms with Crippen LogP contribution in [-0.4, -0.2) is 41.5 Å². The highest BCUT2D eigenvalue weighted by atomic mass is 16.6. The van der Waals surface area contributed by atoms with Gasteiger partial charge in [-0.3, -0.25) is 0 Å². The number of carboxylic acids is 1. The predicted octanol–water partition coefficient (Wildman–Crippen LogP) is 0.999. The smallest absolute Gasteiger partial charge is 0.407 e. The molecule has 18 heavy (non-hydrogen) atoms. The summed E-state index contributed by atoms with van der Waals surface area (Å²) in [5.74, 6) is -0.693. The van der Waals surface area contributed by atoms with Gasteiger partial charge in [0, 0.05) is 5.92 Å². The molecule has 2 aliphatic rings. The molecule has 1 aliphatic heterocycles. The van der Waals surface area contributed by atoms with Crippen LogP contribution in [0.5, 0.6) is 0 Å². The van der Waals surface area contributed by atoms with Gasteiger partial charge in [-0.15, -0.1) is 0 Å². The number of alkyl carbamates (subject to hydrolysis) is 1. The predicted molar refractivity (Wildman–Crippen MR) is 62.1 cm³/mol. The number of fused-ring (bicyclic) bond motifs is 1. The molecule has 1 amide bonds. The van der Waals surface area contributed by atoms with E-state index >= 15 is 0 Å². The lowest BCUT2D eigenvalue weighted by Gasteiger charge is -2.28. The normalized spacial score (nSPS) is 34.4. The maximum atomic E-state index is 11.6. The van der Waals surface area contributed by atoms with E-state index in [0.717, 1.165) is 6.42 Å². The number of aliphatic carboxylic acids is 1. The molecule has 1 aliphatic carbocycles. The molecule has 1 heterocycles. The number of carbonyl (C=O) groups excluding carboxylic acids is 1. The van der Waals surface area contributed by atoms with E-state index in [-0.39, 0.29) is 24.5 Å². The molecule has 1 saturated heterocycles. The van der Waals surface area contributed by atoms with Crippen LogP contribution in [0.2, 0.25) is 0 Å². The highest BCUT2D eigenvalue weighted by Gasteiger charge is 2.54. The number of carboxylic acid groups (broad SMARTS) is 1. The van der Waals surface area contributed by atoms with Crippen LogP contribution in [0.25, 0.3) is 0 Å². The Morgan fingerprint density at radius 1 is 1.33 bits per heavy atom. The largest absolute Gasteiger partial charge is 0.479 e. The maximum Gasteiger partial charge on any atom is 0.407 e. The first-order valence-electron chi connectivity index (χ1n) is 6.12. The van der Waals surface area contributed by atoms with E-state index in [1.54, 1.807) is 20.8 Å². The van der Waals surface area contributed by atoms with E-state index in [0.29, 0.717) is 0 Å². The summed E-state index contributed by atoms with van der Waals surface area (Å²) in [7, 11) is 0. The van der Waals surface area contributed by atoms with Crippen molar-refractivity contribution < 1.29 is 24.2 Å².